The molecule has 0 spiro atoms. The Hall–Kier alpha value is -1.09. The van der Waals surface area contributed by atoms with Gasteiger partial charge in [-0.3, -0.25) is 0 Å². The van der Waals surface area contributed by atoms with Crippen molar-refractivity contribution in [1.82, 2.24) is 0 Å². The molecular formula is C11H13FO2. The Balaban J connectivity index is 2.55. The van der Waals surface area contributed by atoms with Gasteiger partial charge in [-0.2, -0.15) is 0 Å². The maximum atomic E-state index is 13.2. The Morgan fingerprint density at radius 1 is 1.43 bits per heavy atom. The molecular weight excluding hydrogens is 183 g/mol. The van der Waals surface area contributed by atoms with Crippen LogP contribution in [0.5, 0.6) is 5.75 Å². The molecule has 1 aromatic rings. The molecule has 0 saturated heterocycles. The Kier molecular flexibility index (Phi) is 2.00. The first-order valence-corrected chi connectivity index (χ1v) is 4.64. The predicted molar refractivity (Wildman–Crippen MR) is 50.8 cm³/mol. The summed E-state index contributed by atoms with van der Waals surface area (Å²) in [4.78, 5) is 0. The third kappa shape index (κ3) is 1.28. The van der Waals surface area contributed by atoms with Gasteiger partial charge in [-0.05, 0) is 31.9 Å². The van der Waals surface area contributed by atoms with Gasteiger partial charge in [0, 0.05) is 11.1 Å². The smallest absolute Gasteiger partial charge is 0.130 e. The van der Waals surface area contributed by atoms with E-state index < -0.39 is 5.60 Å². The Bertz CT molecular complexity index is 370. The Morgan fingerprint density at radius 3 is 2.57 bits per heavy atom. The van der Waals surface area contributed by atoms with E-state index in [1.807, 2.05) is 0 Å². The Labute approximate surface area is 82.3 Å². The van der Waals surface area contributed by atoms with Crippen molar-refractivity contribution in [2.24, 2.45) is 0 Å². The van der Waals surface area contributed by atoms with Crippen molar-refractivity contribution in [3.8, 4) is 5.75 Å². The first-order chi connectivity index (χ1) is 6.58. The van der Waals surface area contributed by atoms with Crippen LogP contribution >= 0.6 is 0 Å². The highest BCUT2D eigenvalue weighted by molar-refractivity contribution is 5.46. The van der Waals surface area contributed by atoms with Gasteiger partial charge in [0.1, 0.15) is 11.6 Å². The van der Waals surface area contributed by atoms with Gasteiger partial charge in [-0.25, -0.2) is 4.39 Å². The van der Waals surface area contributed by atoms with Crippen molar-refractivity contribution in [3.63, 3.8) is 0 Å². The summed E-state index contributed by atoms with van der Waals surface area (Å²) in [6.07, 6.45) is 1.46. The highest BCUT2D eigenvalue weighted by Crippen LogP contribution is 2.49. The molecule has 3 heteroatoms. The van der Waals surface area contributed by atoms with Crippen molar-refractivity contribution >= 4 is 0 Å². The number of hydrogen-bond acceptors (Lipinski definition) is 2. The highest BCUT2D eigenvalue weighted by Gasteiger charge is 2.44. The fourth-order valence-corrected chi connectivity index (χ4v) is 1.68. The standard InChI is InChI=1S/C11H13FO2/c1-7-9(12)4-3-8(10(7)14-2)11(13)5-6-11/h3-4,13H,5-6H2,1-2H3. The average molecular weight is 196 g/mol. The van der Waals surface area contributed by atoms with E-state index in [1.165, 1.54) is 13.2 Å². The minimum Gasteiger partial charge on any atom is -0.496 e. The molecule has 1 aliphatic rings. The third-order valence-electron chi connectivity index (χ3n) is 2.77. The van der Waals surface area contributed by atoms with Crippen molar-refractivity contribution in [2.75, 3.05) is 7.11 Å². The molecule has 1 saturated carbocycles. The zero-order valence-electron chi connectivity index (χ0n) is 8.30. The molecule has 0 heterocycles. The van der Waals surface area contributed by atoms with Crippen LogP contribution in [0.4, 0.5) is 4.39 Å². The van der Waals surface area contributed by atoms with Crippen LogP contribution in [0.25, 0.3) is 0 Å². The summed E-state index contributed by atoms with van der Waals surface area (Å²) in [6.45, 7) is 1.66. The summed E-state index contributed by atoms with van der Waals surface area (Å²) in [5.41, 5.74) is 0.397. The Morgan fingerprint density at radius 2 is 2.07 bits per heavy atom. The zero-order valence-corrected chi connectivity index (χ0v) is 8.30. The second kappa shape index (κ2) is 2.95. The molecule has 0 bridgehead atoms. The van der Waals surface area contributed by atoms with Crippen LogP contribution in [-0.4, -0.2) is 12.2 Å². The number of hydrogen-bond donors (Lipinski definition) is 1. The first kappa shape index (κ1) is 9.46. The third-order valence-corrected chi connectivity index (χ3v) is 2.77. The quantitative estimate of drug-likeness (QED) is 0.785. The van der Waals surface area contributed by atoms with Gasteiger partial charge in [0.25, 0.3) is 0 Å². The lowest BCUT2D eigenvalue weighted by atomic mass is 10.0. The van der Waals surface area contributed by atoms with Gasteiger partial charge in [0.05, 0.1) is 12.7 Å². The lowest BCUT2D eigenvalue weighted by molar-refractivity contribution is 0.147. The maximum Gasteiger partial charge on any atom is 0.130 e. The van der Waals surface area contributed by atoms with E-state index in [1.54, 1.807) is 13.0 Å². The average Bonchev–Trinajstić information content (AvgIpc) is 2.89. The van der Waals surface area contributed by atoms with Gasteiger partial charge in [-0.15, -0.1) is 0 Å². The minimum absolute atomic E-state index is 0.296. The molecule has 2 rings (SSSR count). The van der Waals surface area contributed by atoms with Crippen molar-refractivity contribution in [1.29, 1.82) is 0 Å². The van der Waals surface area contributed by atoms with Crippen LogP contribution in [-0.2, 0) is 5.60 Å². The van der Waals surface area contributed by atoms with Gasteiger partial charge in [-0.1, -0.05) is 0 Å². The van der Waals surface area contributed by atoms with Crippen LogP contribution in [0.1, 0.15) is 24.0 Å². The maximum absolute atomic E-state index is 13.2. The second-order valence-electron chi connectivity index (χ2n) is 3.78. The number of methoxy groups -OCH3 is 1. The van der Waals surface area contributed by atoms with Crippen LogP contribution in [0, 0.1) is 12.7 Å². The molecule has 2 nitrogen and oxygen atoms in total. The zero-order chi connectivity index (χ0) is 10.3. The van der Waals surface area contributed by atoms with Gasteiger partial charge in [0.2, 0.25) is 0 Å². The minimum atomic E-state index is -0.774. The normalized spacial score (nSPS) is 18.0. The fourth-order valence-electron chi connectivity index (χ4n) is 1.68. The van der Waals surface area contributed by atoms with Crippen LogP contribution in [0.2, 0.25) is 0 Å². The summed E-state index contributed by atoms with van der Waals surface area (Å²) in [5, 5.41) is 9.92. The number of halogens is 1. The fraction of sp³-hybridized carbons (Fsp3) is 0.455. The lowest BCUT2D eigenvalue weighted by Gasteiger charge is -2.15. The summed E-state index contributed by atoms with van der Waals surface area (Å²) in [7, 11) is 1.50. The van der Waals surface area contributed by atoms with Crippen molar-refractivity contribution < 1.29 is 14.2 Å². The highest BCUT2D eigenvalue weighted by atomic mass is 19.1. The van der Waals surface area contributed by atoms with Crippen LogP contribution in [0.3, 0.4) is 0 Å². The predicted octanol–water partition coefficient (Wildman–Crippen LogP) is 2.12. The summed E-state index contributed by atoms with van der Waals surface area (Å²) < 4.78 is 18.3. The molecule has 76 valence electrons. The number of benzene rings is 1. The molecule has 1 aliphatic carbocycles. The largest absolute Gasteiger partial charge is 0.496 e. The van der Waals surface area contributed by atoms with E-state index in [9.17, 15) is 9.50 Å². The SMILES string of the molecule is COc1c(C2(O)CC2)ccc(F)c1C. The number of aliphatic hydroxyl groups is 1. The topological polar surface area (TPSA) is 29.5 Å². The summed E-state index contributed by atoms with van der Waals surface area (Å²) >= 11 is 0. The first-order valence-electron chi connectivity index (χ1n) is 4.64. The van der Waals surface area contributed by atoms with Crippen LogP contribution < -0.4 is 4.74 Å². The van der Waals surface area contributed by atoms with Crippen molar-refractivity contribution in [3.05, 3.63) is 29.1 Å². The molecule has 1 fully saturated rings. The summed E-state index contributed by atoms with van der Waals surface area (Å²) in [6, 6.07) is 2.98. The van der Waals surface area contributed by atoms with E-state index in [0.717, 1.165) is 12.8 Å². The van der Waals surface area contributed by atoms with E-state index in [2.05, 4.69) is 0 Å². The van der Waals surface area contributed by atoms with E-state index >= 15 is 0 Å². The van der Waals surface area contributed by atoms with E-state index in [4.69, 9.17) is 4.74 Å². The molecule has 0 unspecified atom stereocenters. The van der Waals surface area contributed by atoms with E-state index in [-0.39, 0.29) is 5.82 Å². The van der Waals surface area contributed by atoms with E-state index in [0.29, 0.717) is 16.9 Å². The van der Waals surface area contributed by atoms with Crippen molar-refractivity contribution in [2.45, 2.75) is 25.4 Å². The molecule has 0 atom stereocenters. The van der Waals surface area contributed by atoms with Crippen LogP contribution in [0.15, 0.2) is 12.1 Å². The molecule has 14 heavy (non-hydrogen) atoms. The molecule has 0 aromatic heterocycles. The summed E-state index contributed by atoms with van der Waals surface area (Å²) in [5.74, 6) is 0.180. The second-order valence-corrected chi connectivity index (χ2v) is 3.78. The molecule has 1 aromatic carbocycles. The van der Waals surface area contributed by atoms with Gasteiger partial charge in [0.15, 0.2) is 0 Å². The molecule has 0 aliphatic heterocycles. The van der Waals surface area contributed by atoms with Gasteiger partial charge < -0.3 is 9.84 Å². The lowest BCUT2D eigenvalue weighted by Crippen LogP contribution is -2.08. The van der Waals surface area contributed by atoms with Gasteiger partial charge >= 0.3 is 0 Å². The molecule has 0 radical (unpaired) electrons. The monoisotopic (exact) mass is 196 g/mol. The molecule has 1 N–H and O–H groups in total. The molecule has 0 amide bonds. The number of rotatable bonds is 2. The number of ether oxygens (including phenoxy) is 1.